The first-order chi connectivity index (χ1) is 14.8. The molecule has 0 radical (unpaired) electrons. The summed E-state index contributed by atoms with van der Waals surface area (Å²) in [4.78, 5) is 17.2. The number of nitrogens with one attached hydrogen (secondary N) is 3. The van der Waals surface area contributed by atoms with Crippen LogP contribution in [0.5, 0.6) is 5.75 Å². The molecular weight excluding hydrogens is 538 g/mol. The van der Waals surface area contributed by atoms with Crippen LogP contribution in [0.25, 0.3) is 0 Å². The summed E-state index contributed by atoms with van der Waals surface area (Å²) in [5, 5.41) is 9.27. The molecule has 0 aromatic heterocycles. The fourth-order valence-electron chi connectivity index (χ4n) is 3.46. The lowest BCUT2D eigenvalue weighted by molar-refractivity contribution is -0.143. The van der Waals surface area contributed by atoms with Crippen molar-refractivity contribution >= 4 is 35.8 Å². The molecule has 180 valence electrons. The molecule has 1 aromatic rings. The molecule has 32 heavy (non-hydrogen) atoms. The third-order valence-corrected chi connectivity index (χ3v) is 5.18. The molecule has 2 fully saturated rings. The first-order valence-electron chi connectivity index (χ1n) is 10.6. The van der Waals surface area contributed by atoms with E-state index >= 15 is 0 Å². The number of amides is 1. The molecule has 1 unspecified atom stereocenters. The zero-order chi connectivity index (χ0) is 22.3. The van der Waals surface area contributed by atoms with E-state index in [1.807, 2.05) is 24.3 Å². The number of guanidine groups is 1. The standard InChI is InChI=1S/C21H30F3N5O2.HI/c1-25-20(28-17-9-11-29(12-17)14-21(22,23)24)26-10-8-15-2-6-18(7-3-15)31-13-19(30)27-16-4-5-16;/h2-3,6-7,16-17H,4-5,8-14H2,1H3,(H,27,30)(H2,25,26,28);1H. The van der Waals surface area contributed by atoms with E-state index in [0.29, 0.717) is 43.8 Å². The zero-order valence-corrected chi connectivity index (χ0v) is 20.4. The van der Waals surface area contributed by atoms with Gasteiger partial charge in [-0.25, -0.2) is 0 Å². The summed E-state index contributed by atoms with van der Waals surface area (Å²) >= 11 is 0. The van der Waals surface area contributed by atoms with Gasteiger partial charge >= 0.3 is 6.18 Å². The van der Waals surface area contributed by atoms with Crippen molar-refractivity contribution in [2.45, 2.75) is 43.9 Å². The van der Waals surface area contributed by atoms with Gasteiger partial charge in [-0.05, 0) is 43.4 Å². The van der Waals surface area contributed by atoms with Gasteiger partial charge in [-0.2, -0.15) is 13.2 Å². The van der Waals surface area contributed by atoms with Crippen molar-refractivity contribution in [3.05, 3.63) is 29.8 Å². The number of ether oxygens (including phenoxy) is 1. The van der Waals surface area contributed by atoms with Crippen molar-refractivity contribution in [1.82, 2.24) is 20.9 Å². The maximum absolute atomic E-state index is 12.5. The van der Waals surface area contributed by atoms with Crippen LogP contribution in [-0.4, -0.2) is 74.9 Å². The quantitative estimate of drug-likeness (QED) is 0.242. The third kappa shape index (κ3) is 9.80. The molecular formula is C21H31F3IN5O2. The van der Waals surface area contributed by atoms with Crippen LogP contribution in [-0.2, 0) is 11.2 Å². The fraction of sp³-hybridized carbons (Fsp3) is 0.619. The van der Waals surface area contributed by atoms with Gasteiger partial charge < -0.3 is 20.7 Å². The van der Waals surface area contributed by atoms with Gasteiger partial charge in [-0.15, -0.1) is 24.0 Å². The molecule has 1 saturated heterocycles. The molecule has 11 heteroatoms. The molecule has 1 atom stereocenters. The van der Waals surface area contributed by atoms with E-state index in [1.54, 1.807) is 7.05 Å². The number of benzene rings is 1. The highest BCUT2D eigenvalue weighted by Crippen LogP contribution is 2.20. The minimum atomic E-state index is -4.17. The van der Waals surface area contributed by atoms with Gasteiger partial charge in [-0.1, -0.05) is 12.1 Å². The lowest BCUT2D eigenvalue weighted by atomic mass is 10.1. The number of rotatable bonds is 9. The van der Waals surface area contributed by atoms with Crippen LogP contribution >= 0.6 is 24.0 Å². The van der Waals surface area contributed by atoms with E-state index in [0.717, 1.165) is 24.8 Å². The Morgan fingerprint density at radius 3 is 2.50 bits per heavy atom. The number of hydrogen-bond acceptors (Lipinski definition) is 4. The summed E-state index contributed by atoms with van der Waals surface area (Å²) in [6.07, 6.45) is -0.680. The van der Waals surface area contributed by atoms with Gasteiger partial charge in [0.05, 0.1) is 6.54 Å². The van der Waals surface area contributed by atoms with Gasteiger partial charge in [0.1, 0.15) is 5.75 Å². The number of aliphatic imine (C=N–C) groups is 1. The largest absolute Gasteiger partial charge is 0.484 e. The van der Waals surface area contributed by atoms with Crippen molar-refractivity contribution in [1.29, 1.82) is 0 Å². The van der Waals surface area contributed by atoms with Crippen LogP contribution in [0.4, 0.5) is 13.2 Å². The van der Waals surface area contributed by atoms with Gasteiger partial charge in [0.15, 0.2) is 12.6 Å². The predicted octanol–water partition coefficient (Wildman–Crippen LogP) is 2.31. The lowest BCUT2D eigenvalue weighted by Gasteiger charge is -2.19. The highest BCUT2D eigenvalue weighted by molar-refractivity contribution is 14.0. The average Bonchev–Trinajstić information content (AvgIpc) is 3.43. The molecule has 1 aromatic carbocycles. The highest BCUT2D eigenvalue weighted by atomic mass is 127. The summed E-state index contributed by atoms with van der Waals surface area (Å²) < 4.78 is 43.0. The Kier molecular flexibility index (Phi) is 10.3. The van der Waals surface area contributed by atoms with Crippen LogP contribution in [0, 0.1) is 0 Å². The fourth-order valence-corrected chi connectivity index (χ4v) is 3.46. The molecule has 0 spiro atoms. The Balaban J connectivity index is 0.00000363. The van der Waals surface area contributed by atoms with E-state index in [9.17, 15) is 18.0 Å². The molecule has 1 heterocycles. The summed E-state index contributed by atoms with van der Waals surface area (Å²) in [5.41, 5.74) is 1.09. The summed E-state index contributed by atoms with van der Waals surface area (Å²) in [6, 6.07) is 7.82. The molecule has 3 rings (SSSR count). The van der Waals surface area contributed by atoms with E-state index < -0.39 is 12.7 Å². The minimum absolute atomic E-state index is 0. The van der Waals surface area contributed by atoms with Crippen LogP contribution in [0.1, 0.15) is 24.8 Å². The maximum Gasteiger partial charge on any atom is 0.401 e. The molecule has 3 N–H and O–H groups in total. The minimum Gasteiger partial charge on any atom is -0.484 e. The SMILES string of the molecule is CN=C(NCCc1ccc(OCC(=O)NC2CC2)cc1)NC1CCN(CC(F)(F)F)C1.I. The predicted molar refractivity (Wildman–Crippen MR) is 128 cm³/mol. The van der Waals surface area contributed by atoms with E-state index in [4.69, 9.17) is 4.74 Å². The number of alkyl halides is 3. The molecule has 0 bridgehead atoms. The zero-order valence-electron chi connectivity index (χ0n) is 18.1. The Labute approximate surface area is 203 Å². The Hall–Kier alpha value is -1.76. The molecule has 7 nitrogen and oxygen atoms in total. The lowest BCUT2D eigenvalue weighted by Crippen LogP contribution is -2.45. The molecule has 1 amide bonds. The van der Waals surface area contributed by atoms with E-state index in [-0.39, 0.29) is 42.5 Å². The number of carbonyl (C=O) groups excluding carboxylic acids is 1. The van der Waals surface area contributed by atoms with Crippen LogP contribution in [0.15, 0.2) is 29.3 Å². The van der Waals surface area contributed by atoms with E-state index in [1.165, 1.54) is 4.90 Å². The summed E-state index contributed by atoms with van der Waals surface area (Å²) in [7, 11) is 1.64. The van der Waals surface area contributed by atoms with E-state index in [2.05, 4.69) is 20.9 Å². The Bertz CT molecular complexity index is 757. The normalized spacial score (nSPS) is 19.2. The summed E-state index contributed by atoms with van der Waals surface area (Å²) in [5.74, 6) is 1.13. The Morgan fingerprint density at radius 1 is 1.16 bits per heavy atom. The molecule has 1 aliphatic carbocycles. The van der Waals surface area contributed by atoms with Gasteiger partial charge in [0, 0.05) is 38.8 Å². The maximum atomic E-state index is 12.5. The second-order valence-electron chi connectivity index (χ2n) is 8.00. The number of hydrogen-bond donors (Lipinski definition) is 3. The highest BCUT2D eigenvalue weighted by Gasteiger charge is 2.34. The second-order valence-corrected chi connectivity index (χ2v) is 8.00. The van der Waals surface area contributed by atoms with Crippen molar-refractivity contribution in [3.63, 3.8) is 0 Å². The molecule has 1 aliphatic heterocycles. The topological polar surface area (TPSA) is 78.0 Å². The summed E-state index contributed by atoms with van der Waals surface area (Å²) in [6.45, 7) is 0.539. The smallest absolute Gasteiger partial charge is 0.401 e. The first-order valence-corrected chi connectivity index (χ1v) is 10.6. The second kappa shape index (κ2) is 12.5. The van der Waals surface area contributed by atoms with Crippen LogP contribution < -0.4 is 20.7 Å². The number of likely N-dealkylation sites (tertiary alicyclic amines) is 1. The Morgan fingerprint density at radius 2 is 1.88 bits per heavy atom. The number of halogens is 4. The van der Waals surface area contributed by atoms with Crippen molar-refractivity contribution < 1.29 is 22.7 Å². The first kappa shape index (κ1) is 26.5. The van der Waals surface area contributed by atoms with Crippen molar-refractivity contribution in [2.24, 2.45) is 4.99 Å². The van der Waals surface area contributed by atoms with Crippen LogP contribution in [0.3, 0.4) is 0 Å². The van der Waals surface area contributed by atoms with Gasteiger partial charge in [-0.3, -0.25) is 14.7 Å². The number of carbonyl (C=O) groups is 1. The van der Waals surface area contributed by atoms with Gasteiger partial charge in [0.2, 0.25) is 0 Å². The number of nitrogens with zero attached hydrogens (tertiary/aromatic N) is 2. The van der Waals surface area contributed by atoms with Crippen LogP contribution in [0.2, 0.25) is 0 Å². The molecule has 1 saturated carbocycles. The van der Waals surface area contributed by atoms with Crippen molar-refractivity contribution in [2.75, 3.05) is 39.8 Å². The third-order valence-electron chi connectivity index (χ3n) is 5.18. The van der Waals surface area contributed by atoms with Crippen molar-refractivity contribution in [3.8, 4) is 5.75 Å². The molecule has 2 aliphatic rings. The monoisotopic (exact) mass is 569 g/mol. The average molecular weight is 569 g/mol. The van der Waals surface area contributed by atoms with Gasteiger partial charge in [0.25, 0.3) is 5.91 Å².